The lowest BCUT2D eigenvalue weighted by Crippen LogP contribution is -2.16. The van der Waals surface area contributed by atoms with Crippen molar-refractivity contribution < 1.29 is 14.7 Å². The van der Waals surface area contributed by atoms with Gasteiger partial charge in [0.25, 0.3) is 5.91 Å². The van der Waals surface area contributed by atoms with Crippen molar-refractivity contribution in [3.63, 3.8) is 0 Å². The summed E-state index contributed by atoms with van der Waals surface area (Å²) in [6.45, 7) is 2.02. The van der Waals surface area contributed by atoms with E-state index in [0.717, 1.165) is 12.0 Å². The number of hydrogen-bond acceptors (Lipinski definition) is 3. The number of nitrogens with one attached hydrogen (secondary N) is 1. The highest BCUT2D eigenvalue weighted by molar-refractivity contribution is 6.09. The van der Waals surface area contributed by atoms with Gasteiger partial charge >= 0.3 is 5.97 Å². The maximum Gasteiger partial charge on any atom is 0.339 e. The molecular formula is C14H15N3O3. The zero-order valence-corrected chi connectivity index (χ0v) is 11.3. The molecule has 2 N–H and O–H groups in total. The molecule has 0 bridgehead atoms. The Morgan fingerprint density at radius 2 is 2.15 bits per heavy atom. The number of aromatic carboxylic acids is 1. The highest BCUT2D eigenvalue weighted by Crippen LogP contribution is 2.14. The molecule has 0 fully saturated rings. The second-order valence-corrected chi connectivity index (χ2v) is 4.38. The van der Waals surface area contributed by atoms with E-state index in [1.165, 1.54) is 10.9 Å². The first-order valence-electron chi connectivity index (χ1n) is 6.18. The summed E-state index contributed by atoms with van der Waals surface area (Å²) in [5, 5.41) is 15.6. The number of rotatable bonds is 4. The van der Waals surface area contributed by atoms with Gasteiger partial charge in [0.2, 0.25) is 0 Å². The first kappa shape index (κ1) is 13.8. The molecule has 0 atom stereocenters. The van der Waals surface area contributed by atoms with E-state index in [-0.39, 0.29) is 11.3 Å². The molecule has 0 aliphatic heterocycles. The Hall–Kier alpha value is -2.63. The van der Waals surface area contributed by atoms with Gasteiger partial charge in [-0.1, -0.05) is 19.1 Å². The molecule has 2 aromatic rings. The van der Waals surface area contributed by atoms with Crippen molar-refractivity contribution >= 4 is 17.6 Å². The second-order valence-electron chi connectivity index (χ2n) is 4.38. The average Bonchev–Trinajstić information content (AvgIpc) is 2.81. The van der Waals surface area contributed by atoms with Crippen LogP contribution in [0.1, 0.15) is 33.3 Å². The normalized spacial score (nSPS) is 10.3. The second kappa shape index (κ2) is 5.56. The molecule has 0 saturated carbocycles. The number of carbonyl (C=O) groups excluding carboxylic acids is 1. The van der Waals surface area contributed by atoms with E-state index in [2.05, 4.69) is 10.4 Å². The fourth-order valence-electron chi connectivity index (χ4n) is 1.87. The topological polar surface area (TPSA) is 84.2 Å². The van der Waals surface area contributed by atoms with Gasteiger partial charge in [0, 0.05) is 18.9 Å². The zero-order valence-electron chi connectivity index (χ0n) is 11.3. The summed E-state index contributed by atoms with van der Waals surface area (Å²) in [6.07, 6.45) is 2.16. The first-order chi connectivity index (χ1) is 9.51. The molecule has 1 aromatic carbocycles. The Bertz CT molecular complexity index is 661. The number of aryl methyl sites for hydroxylation is 2. The van der Waals surface area contributed by atoms with Crippen molar-refractivity contribution in [2.24, 2.45) is 7.05 Å². The summed E-state index contributed by atoms with van der Waals surface area (Å²) in [7, 11) is 1.57. The largest absolute Gasteiger partial charge is 0.478 e. The molecule has 0 saturated heterocycles. The summed E-state index contributed by atoms with van der Waals surface area (Å²) >= 11 is 0. The van der Waals surface area contributed by atoms with E-state index in [0.29, 0.717) is 5.69 Å². The predicted molar refractivity (Wildman–Crippen MR) is 73.9 cm³/mol. The third-order valence-electron chi connectivity index (χ3n) is 2.87. The molecular weight excluding hydrogens is 258 g/mol. The minimum atomic E-state index is -1.18. The van der Waals surface area contributed by atoms with Crippen LogP contribution < -0.4 is 5.32 Å². The summed E-state index contributed by atoms with van der Waals surface area (Å²) in [5.41, 5.74) is 1.50. The molecule has 0 spiro atoms. The average molecular weight is 273 g/mol. The molecule has 1 amide bonds. The van der Waals surface area contributed by atoms with Crippen LogP contribution in [-0.2, 0) is 13.5 Å². The van der Waals surface area contributed by atoms with Crippen LogP contribution in [0.2, 0.25) is 0 Å². The monoisotopic (exact) mass is 273 g/mol. The minimum absolute atomic E-state index is 0.0955. The standard InChI is InChI=1S/C14H15N3O3/c1-3-9-5-4-6-10(7-9)15-13(18)12-11(14(19)20)8-17(2)16-12/h4-8H,3H2,1-2H3,(H,15,18)(H,19,20). The Balaban J connectivity index is 2.26. The van der Waals surface area contributed by atoms with Crippen LogP contribution in [0.3, 0.4) is 0 Å². The maximum atomic E-state index is 12.1. The van der Waals surface area contributed by atoms with Gasteiger partial charge in [-0.25, -0.2) is 4.79 Å². The number of aromatic nitrogens is 2. The lowest BCUT2D eigenvalue weighted by molar-refractivity contribution is 0.0692. The molecule has 0 aliphatic rings. The number of benzene rings is 1. The number of nitrogens with zero attached hydrogens (tertiary/aromatic N) is 2. The summed E-state index contributed by atoms with van der Waals surface area (Å²) in [5.74, 6) is -1.71. The summed E-state index contributed by atoms with van der Waals surface area (Å²) in [6, 6.07) is 7.39. The van der Waals surface area contributed by atoms with Crippen LogP contribution >= 0.6 is 0 Å². The smallest absolute Gasteiger partial charge is 0.339 e. The molecule has 6 nitrogen and oxygen atoms in total. The molecule has 20 heavy (non-hydrogen) atoms. The highest BCUT2D eigenvalue weighted by atomic mass is 16.4. The van der Waals surface area contributed by atoms with Gasteiger partial charge in [-0.15, -0.1) is 0 Å². The lowest BCUT2D eigenvalue weighted by Gasteiger charge is -2.05. The highest BCUT2D eigenvalue weighted by Gasteiger charge is 2.21. The number of amides is 1. The Kier molecular flexibility index (Phi) is 3.84. The van der Waals surface area contributed by atoms with Gasteiger partial charge in [0.15, 0.2) is 5.69 Å². The van der Waals surface area contributed by atoms with E-state index in [1.54, 1.807) is 13.1 Å². The maximum absolute atomic E-state index is 12.1. The van der Waals surface area contributed by atoms with Crippen LogP contribution in [0.15, 0.2) is 30.5 Å². The molecule has 104 valence electrons. The summed E-state index contributed by atoms with van der Waals surface area (Å²) < 4.78 is 1.31. The molecule has 1 heterocycles. The molecule has 1 aromatic heterocycles. The van der Waals surface area contributed by atoms with Gasteiger partial charge < -0.3 is 10.4 Å². The molecule has 2 rings (SSSR count). The van der Waals surface area contributed by atoms with Crippen molar-refractivity contribution in [2.45, 2.75) is 13.3 Å². The van der Waals surface area contributed by atoms with E-state index in [1.807, 2.05) is 25.1 Å². The van der Waals surface area contributed by atoms with Crippen LogP contribution in [-0.4, -0.2) is 26.8 Å². The molecule has 0 radical (unpaired) electrons. The fourth-order valence-corrected chi connectivity index (χ4v) is 1.87. The van der Waals surface area contributed by atoms with Crippen LogP contribution in [0, 0.1) is 0 Å². The zero-order chi connectivity index (χ0) is 14.7. The van der Waals surface area contributed by atoms with Gasteiger partial charge in [-0.2, -0.15) is 5.10 Å². The summed E-state index contributed by atoms with van der Waals surface area (Å²) in [4.78, 5) is 23.2. The molecule has 0 unspecified atom stereocenters. The van der Waals surface area contributed by atoms with Gasteiger partial charge in [-0.05, 0) is 24.1 Å². The van der Waals surface area contributed by atoms with Crippen molar-refractivity contribution in [3.8, 4) is 0 Å². The third-order valence-corrected chi connectivity index (χ3v) is 2.87. The Morgan fingerprint density at radius 3 is 2.80 bits per heavy atom. The SMILES string of the molecule is CCc1cccc(NC(=O)c2nn(C)cc2C(=O)O)c1. The number of carbonyl (C=O) groups is 2. The van der Waals surface area contributed by atoms with Crippen molar-refractivity contribution in [1.82, 2.24) is 9.78 Å². The van der Waals surface area contributed by atoms with Gasteiger partial charge in [-0.3, -0.25) is 9.48 Å². The molecule has 0 aliphatic carbocycles. The number of anilines is 1. The minimum Gasteiger partial charge on any atom is -0.478 e. The number of carboxylic acid groups (broad SMARTS) is 1. The quantitative estimate of drug-likeness (QED) is 0.891. The Labute approximate surface area is 116 Å². The first-order valence-corrected chi connectivity index (χ1v) is 6.18. The molecule has 6 heteroatoms. The number of carboxylic acids is 1. The van der Waals surface area contributed by atoms with Crippen LogP contribution in [0.4, 0.5) is 5.69 Å². The number of hydrogen-bond donors (Lipinski definition) is 2. The van der Waals surface area contributed by atoms with Gasteiger partial charge in [0.1, 0.15) is 5.56 Å². The lowest BCUT2D eigenvalue weighted by atomic mass is 10.1. The Morgan fingerprint density at radius 1 is 1.40 bits per heavy atom. The van der Waals surface area contributed by atoms with E-state index < -0.39 is 11.9 Å². The fraction of sp³-hybridized carbons (Fsp3) is 0.214. The van der Waals surface area contributed by atoms with Crippen LogP contribution in [0.5, 0.6) is 0 Å². The third kappa shape index (κ3) is 2.85. The predicted octanol–water partition coefficient (Wildman–Crippen LogP) is 1.93. The van der Waals surface area contributed by atoms with Crippen molar-refractivity contribution in [1.29, 1.82) is 0 Å². The van der Waals surface area contributed by atoms with Crippen LogP contribution in [0.25, 0.3) is 0 Å². The van der Waals surface area contributed by atoms with E-state index >= 15 is 0 Å². The van der Waals surface area contributed by atoms with Gasteiger partial charge in [0.05, 0.1) is 0 Å². The van der Waals surface area contributed by atoms with E-state index in [4.69, 9.17) is 5.11 Å². The van der Waals surface area contributed by atoms with Crippen molar-refractivity contribution in [2.75, 3.05) is 5.32 Å². The van der Waals surface area contributed by atoms with Crippen molar-refractivity contribution in [3.05, 3.63) is 47.3 Å². The van der Waals surface area contributed by atoms with E-state index in [9.17, 15) is 9.59 Å².